The Morgan fingerprint density at radius 3 is 2.58 bits per heavy atom. The Balaban J connectivity index is 1.98. The fourth-order valence-corrected chi connectivity index (χ4v) is 2.40. The first-order valence-corrected chi connectivity index (χ1v) is 8.30. The largest absolute Gasteiger partial charge is 0.497 e. The molecule has 0 aromatic heterocycles. The second-order valence-electron chi connectivity index (χ2n) is 5.51. The Kier molecular flexibility index (Phi) is 6.86. The first-order valence-electron chi connectivity index (χ1n) is 7.92. The molecule has 1 N–H and O–H groups in total. The molecule has 0 aliphatic rings. The number of methoxy groups -OCH3 is 2. The molecule has 0 saturated heterocycles. The van der Waals surface area contributed by atoms with Crippen molar-refractivity contribution >= 4 is 23.7 Å². The van der Waals surface area contributed by atoms with E-state index >= 15 is 0 Å². The van der Waals surface area contributed by atoms with Gasteiger partial charge in [-0.05, 0) is 49.7 Å². The van der Waals surface area contributed by atoms with Crippen LogP contribution >= 0.6 is 11.6 Å². The van der Waals surface area contributed by atoms with Crippen LogP contribution in [0.5, 0.6) is 17.2 Å². The summed E-state index contributed by atoms with van der Waals surface area (Å²) in [4.78, 5) is 12.1. The van der Waals surface area contributed by atoms with Gasteiger partial charge in [-0.3, -0.25) is 4.79 Å². The molecular formula is C19H21ClN2O4. The van der Waals surface area contributed by atoms with E-state index in [1.807, 2.05) is 6.92 Å². The van der Waals surface area contributed by atoms with Crippen molar-refractivity contribution in [2.45, 2.75) is 20.0 Å². The highest BCUT2D eigenvalue weighted by atomic mass is 35.5. The summed E-state index contributed by atoms with van der Waals surface area (Å²) in [5, 5.41) is 4.57. The van der Waals surface area contributed by atoms with Crippen molar-refractivity contribution in [2.24, 2.45) is 5.10 Å². The van der Waals surface area contributed by atoms with Gasteiger partial charge in [-0.15, -0.1) is 0 Å². The summed E-state index contributed by atoms with van der Waals surface area (Å²) < 4.78 is 16.1. The number of amides is 1. The van der Waals surface area contributed by atoms with E-state index in [4.69, 9.17) is 25.8 Å². The van der Waals surface area contributed by atoms with Crippen molar-refractivity contribution in [1.82, 2.24) is 5.43 Å². The third-order valence-electron chi connectivity index (χ3n) is 3.63. The normalized spacial score (nSPS) is 11.9. The topological polar surface area (TPSA) is 69.2 Å². The summed E-state index contributed by atoms with van der Waals surface area (Å²) in [6.45, 7) is 3.51. The number of carbonyl (C=O) groups is 1. The van der Waals surface area contributed by atoms with E-state index in [-0.39, 0.29) is 5.91 Å². The standard InChI is InChI=1S/C19H21ClN2O4/c1-12-9-15(20)6-8-17(12)26-13(2)19(23)22-21-11-14-5-7-16(24-3)10-18(14)25-4/h5-11,13H,1-4H3,(H,22,23)/b21-11+. The summed E-state index contributed by atoms with van der Waals surface area (Å²) in [6, 6.07) is 10.5. The SMILES string of the molecule is COc1ccc(/C=N/NC(=O)C(C)Oc2ccc(Cl)cc2C)c(OC)c1. The van der Waals surface area contributed by atoms with Crippen LogP contribution in [0.2, 0.25) is 5.02 Å². The van der Waals surface area contributed by atoms with E-state index in [2.05, 4.69) is 10.5 Å². The minimum absolute atomic E-state index is 0.372. The maximum absolute atomic E-state index is 12.1. The zero-order chi connectivity index (χ0) is 19.1. The lowest BCUT2D eigenvalue weighted by Crippen LogP contribution is -2.33. The molecule has 7 heteroatoms. The molecule has 0 heterocycles. The number of hydrogen-bond acceptors (Lipinski definition) is 5. The quantitative estimate of drug-likeness (QED) is 0.592. The van der Waals surface area contributed by atoms with E-state index in [1.165, 1.54) is 6.21 Å². The van der Waals surface area contributed by atoms with Crippen molar-refractivity contribution in [3.05, 3.63) is 52.5 Å². The third-order valence-corrected chi connectivity index (χ3v) is 3.86. The Bertz CT molecular complexity index is 808. The van der Waals surface area contributed by atoms with Gasteiger partial charge in [0, 0.05) is 16.7 Å². The second kappa shape index (κ2) is 9.10. The predicted octanol–water partition coefficient (Wildman–Crippen LogP) is 3.58. The fraction of sp³-hybridized carbons (Fsp3) is 0.263. The number of carbonyl (C=O) groups excluding carboxylic acids is 1. The highest BCUT2D eigenvalue weighted by Gasteiger charge is 2.15. The summed E-state index contributed by atoms with van der Waals surface area (Å²) >= 11 is 5.91. The van der Waals surface area contributed by atoms with E-state index in [9.17, 15) is 4.79 Å². The van der Waals surface area contributed by atoms with E-state index in [0.29, 0.717) is 27.8 Å². The zero-order valence-corrected chi connectivity index (χ0v) is 15.8. The van der Waals surface area contributed by atoms with Crippen molar-refractivity contribution in [2.75, 3.05) is 14.2 Å². The Morgan fingerprint density at radius 2 is 1.92 bits per heavy atom. The maximum Gasteiger partial charge on any atom is 0.280 e. The number of halogens is 1. The number of rotatable bonds is 7. The van der Waals surface area contributed by atoms with Gasteiger partial charge in [0.1, 0.15) is 17.2 Å². The van der Waals surface area contributed by atoms with Crippen LogP contribution < -0.4 is 19.6 Å². The van der Waals surface area contributed by atoms with Crippen LogP contribution in [0, 0.1) is 6.92 Å². The molecule has 0 aliphatic carbocycles. The van der Waals surface area contributed by atoms with Crippen molar-refractivity contribution in [1.29, 1.82) is 0 Å². The summed E-state index contributed by atoms with van der Waals surface area (Å²) in [5.74, 6) is 1.48. The van der Waals surface area contributed by atoms with Crippen LogP contribution in [0.25, 0.3) is 0 Å². The molecule has 0 radical (unpaired) electrons. The van der Waals surface area contributed by atoms with Gasteiger partial charge in [-0.1, -0.05) is 11.6 Å². The Labute approximate surface area is 157 Å². The Morgan fingerprint density at radius 1 is 1.15 bits per heavy atom. The summed E-state index contributed by atoms with van der Waals surface area (Å²) in [6.07, 6.45) is 0.779. The minimum atomic E-state index is -0.718. The minimum Gasteiger partial charge on any atom is -0.497 e. The molecule has 1 atom stereocenters. The summed E-state index contributed by atoms with van der Waals surface area (Å²) in [5.41, 5.74) is 4.01. The van der Waals surface area contributed by atoms with Crippen molar-refractivity contribution in [3.63, 3.8) is 0 Å². The van der Waals surface area contributed by atoms with Gasteiger partial charge >= 0.3 is 0 Å². The van der Waals surface area contributed by atoms with Gasteiger partial charge in [0.05, 0.1) is 20.4 Å². The first kappa shape index (κ1) is 19.6. The molecule has 2 aromatic rings. The van der Waals surface area contributed by atoms with Crippen LogP contribution in [0.4, 0.5) is 0 Å². The number of hydrazone groups is 1. The number of nitrogens with zero attached hydrogens (tertiary/aromatic N) is 1. The van der Waals surface area contributed by atoms with Gasteiger partial charge in [-0.25, -0.2) is 5.43 Å². The third kappa shape index (κ3) is 5.13. The van der Waals surface area contributed by atoms with Gasteiger partial charge in [-0.2, -0.15) is 5.10 Å². The smallest absolute Gasteiger partial charge is 0.280 e. The van der Waals surface area contributed by atoms with E-state index < -0.39 is 6.10 Å². The molecular weight excluding hydrogens is 356 g/mol. The predicted molar refractivity (Wildman–Crippen MR) is 102 cm³/mol. The number of ether oxygens (including phenoxy) is 3. The lowest BCUT2D eigenvalue weighted by atomic mass is 10.2. The van der Waals surface area contributed by atoms with Crippen LogP contribution in [0.1, 0.15) is 18.1 Å². The number of aryl methyl sites for hydroxylation is 1. The average molecular weight is 377 g/mol. The van der Waals surface area contributed by atoms with Gasteiger partial charge in [0.2, 0.25) is 0 Å². The van der Waals surface area contributed by atoms with Crippen LogP contribution in [-0.4, -0.2) is 32.4 Å². The number of benzene rings is 2. The molecule has 6 nitrogen and oxygen atoms in total. The molecule has 138 valence electrons. The Hall–Kier alpha value is -2.73. The molecule has 0 saturated carbocycles. The van der Waals surface area contributed by atoms with Gasteiger partial charge in [0.15, 0.2) is 6.10 Å². The fourth-order valence-electron chi connectivity index (χ4n) is 2.17. The molecule has 0 fully saturated rings. The van der Waals surface area contributed by atoms with Crippen LogP contribution in [-0.2, 0) is 4.79 Å². The maximum atomic E-state index is 12.1. The lowest BCUT2D eigenvalue weighted by molar-refractivity contribution is -0.127. The van der Waals surface area contributed by atoms with Crippen LogP contribution in [0.3, 0.4) is 0 Å². The molecule has 26 heavy (non-hydrogen) atoms. The van der Waals surface area contributed by atoms with Crippen molar-refractivity contribution < 1.29 is 19.0 Å². The van der Waals surface area contributed by atoms with Crippen molar-refractivity contribution in [3.8, 4) is 17.2 Å². The molecule has 1 unspecified atom stereocenters. The monoisotopic (exact) mass is 376 g/mol. The second-order valence-corrected chi connectivity index (χ2v) is 5.95. The molecule has 2 rings (SSSR count). The molecule has 1 amide bonds. The first-order chi connectivity index (χ1) is 12.4. The van der Waals surface area contributed by atoms with E-state index in [0.717, 1.165) is 5.56 Å². The highest BCUT2D eigenvalue weighted by molar-refractivity contribution is 6.30. The molecule has 0 spiro atoms. The lowest BCUT2D eigenvalue weighted by Gasteiger charge is -2.15. The average Bonchev–Trinajstić information content (AvgIpc) is 2.63. The summed E-state index contributed by atoms with van der Waals surface area (Å²) in [7, 11) is 3.13. The number of nitrogens with one attached hydrogen (secondary N) is 1. The van der Waals surface area contributed by atoms with E-state index in [1.54, 1.807) is 57.5 Å². The number of hydrogen-bond donors (Lipinski definition) is 1. The zero-order valence-electron chi connectivity index (χ0n) is 15.1. The molecule has 0 aliphatic heterocycles. The van der Waals surface area contributed by atoms with Gasteiger partial charge < -0.3 is 14.2 Å². The molecule has 2 aromatic carbocycles. The van der Waals surface area contributed by atoms with Crippen LogP contribution in [0.15, 0.2) is 41.5 Å². The van der Waals surface area contributed by atoms with Gasteiger partial charge in [0.25, 0.3) is 5.91 Å². The highest BCUT2D eigenvalue weighted by Crippen LogP contribution is 2.24. The molecule has 0 bridgehead atoms.